The third kappa shape index (κ3) is 2.05. The molecule has 1 aromatic heterocycles. The molecular formula is C17H12N2O2. The number of rotatable bonds is 2. The monoisotopic (exact) mass is 276 g/mol. The van der Waals surface area contributed by atoms with Crippen molar-refractivity contribution >= 4 is 16.8 Å². The Kier molecular flexibility index (Phi) is 2.67. The lowest BCUT2D eigenvalue weighted by Gasteiger charge is -2.05. The van der Waals surface area contributed by atoms with Gasteiger partial charge >= 0.3 is 0 Å². The molecule has 0 fully saturated rings. The first-order valence-corrected chi connectivity index (χ1v) is 6.82. The van der Waals surface area contributed by atoms with Crippen LogP contribution >= 0.6 is 0 Å². The highest BCUT2D eigenvalue weighted by molar-refractivity contribution is 6.10. The highest BCUT2D eigenvalue weighted by atomic mass is 16.5. The maximum Gasteiger partial charge on any atom is 0.193 e. The Bertz CT molecular complexity index is 858. The van der Waals surface area contributed by atoms with Crippen LogP contribution in [0, 0.1) is 0 Å². The van der Waals surface area contributed by atoms with Gasteiger partial charge in [0.15, 0.2) is 5.78 Å². The van der Waals surface area contributed by atoms with Crippen LogP contribution in [0.1, 0.15) is 21.5 Å². The number of ketones is 1. The molecule has 0 N–H and O–H groups in total. The summed E-state index contributed by atoms with van der Waals surface area (Å²) in [6.07, 6.45) is 4.13. The predicted octanol–water partition coefficient (Wildman–Crippen LogP) is 2.80. The van der Waals surface area contributed by atoms with Gasteiger partial charge in [-0.15, -0.1) is 0 Å². The summed E-state index contributed by atoms with van der Waals surface area (Å²) >= 11 is 0. The Hall–Kier alpha value is -2.75. The first kappa shape index (κ1) is 12.0. The summed E-state index contributed by atoms with van der Waals surface area (Å²) in [5.74, 6) is 0.883. The summed E-state index contributed by atoms with van der Waals surface area (Å²) < 4.78 is 5.47. The van der Waals surface area contributed by atoms with Gasteiger partial charge in [-0.2, -0.15) is 0 Å². The van der Waals surface area contributed by atoms with E-state index in [4.69, 9.17) is 4.74 Å². The summed E-state index contributed by atoms with van der Waals surface area (Å²) in [5.41, 5.74) is 3.93. The van der Waals surface area contributed by atoms with Crippen molar-refractivity contribution in [3.8, 4) is 5.75 Å². The zero-order valence-corrected chi connectivity index (χ0v) is 11.2. The fourth-order valence-corrected chi connectivity index (χ4v) is 2.60. The second-order valence-electron chi connectivity index (χ2n) is 5.01. The largest absolute Gasteiger partial charge is 0.493 e. The van der Waals surface area contributed by atoms with Crippen molar-refractivity contribution in [2.75, 3.05) is 6.61 Å². The maximum absolute atomic E-state index is 12.6. The van der Waals surface area contributed by atoms with Crippen molar-refractivity contribution in [3.63, 3.8) is 0 Å². The van der Waals surface area contributed by atoms with Gasteiger partial charge in [0.05, 0.1) is 17.6 Å². The lowest BCUT2D eigenvalue weighted by Crippen LogP contribution is -2.02. The molecule has 2 heterocycles. The van der Waals surface area contributed by atoms with Crippen LogP contribution in [0.2, 0.25) is 0 Å². The third-order valence-electron chi connectivity index (χ3n) is 3.68. The van der Waals surface area contributed by atoms with Gasteiger partial charge in [0.25, 0.3) is 0 Å². The Balaban J connectivity index is 1.75. The van der Waals surface area contributed by atoms with Gasteiger partial charge in [-0.25, -0.2) is 0 Å². The summed E-state index contributed by atoms with van der Waals surface area (Å²) in [7, 11) is 0. The first-order chi connectivity index (χ1) is 10.3. The molecule has 3 aromatic rings. The summed E-state index contributed by atoms with van der Waals surface area (Å²) in [6.45, 7) is 0.693. The second-order valence-corrected chi connectivity index (χ2v) is 5.01. The van der Waals surface area contributed by atoms with E-state index in [0.29, 0.717) is 17.7 Å². The number of benzene rings is 2. The molecule has 1 aliphatic heterocycles. The zero-order chi connectivity index (χ0) is 14.2. The van der Waals surface area contributed by atoms with E-state index in [9.17, 15) is 4.79 Å². The highest BCUT2D eigenvalue weighted by Gasteiger charge is 2.16. The Morgan fingerprint density at radius 2 is 1.71 bits per heavy atom. The lowest BCUT2D eigenvalue weighted by atomic mass is 10.00. The van der Waals surface area contributed by atoms with E-state index in [1.54, 1.807) is 24.5 Å². The van der Waals surface area contributed by atoms with Crippen LogP contribution in [0.25, 0.3) is 11.0 Å². The number of aromatic nitrogens is 2. The molecule has 4 nitrogen and oxygen atoms in total. The molecule has 0 bridgehead atoms. The van der Waals surface area contributed by atoms with Crippen molar-refractivity contribution in [1.82, 2.24) is 9.97 Å². The van der Waals surface area contributed by atoms with Crippen LogP contribution < -0.4 is 4.74 Å². The fourth-order valence-electron chi connectivity index (χ4n) is 2.60. The Morgan fingerprint density at radius 1 is 0.952 bits per heavy atom. The highest BCUT2D eigenvalue weighted by Crippen LogP contribution is 2.27. The van der Waals surface area contributed by atoms with Crippen molar-refractivity contribution in [3.05, 3.63) is 65.5 Å². The molecule has 0 amide bonds. The number of nitrogens with zero attached hydrogens (tertiary/aromatic N) is 2. The lowest BCUT2D eigenvalue weighted by molar-refractivity contribution is 0.103. The number of fused-ring (bicyclic) bond motifs is 2. The number of carbonyl (C=O) groups excluding carboxylic acids is 1. The van der Waals surface area contributed by atoms with Crippen molar-refractivity contribution in [2.24, 2.45) is 0 Å². The first-order valence-electron chi connectivity index (χ1n) is 6.82. The van der Waals surface area contributed by atoms with Crippen LogP contribution in [-0.2, 0) is 6.42 Å². The molecule has 0 spiro atoms. The standard InChI is InChI=1S/C17H12N2O2/c20-17(12-2-4-16-11(9-12)5-8-21-16)13-1-3-14-15(10-13)19-7-6-18-14/h1-4,6-7,9-10H,5,8H2. The van der Waals surface area contributed by atoms with Gasteiger partial charge in [-0.1, -0.05) is 0 Å². The third-order valence-corrected chi connectivity index (χ3v) is 3.68. The molecule has 4 heteroatoms. The van der Waals surface area contributed by atoms with Crippen molar-refractivity contribution < 1.29 is 9.53 Å². The molecule has 2 aromatic carbocycles. The van der Waals surface area contributed by atoms with Crippen LogP contribution in [-0.4, -0.2) is 22.4 Å². The van der Waals surface area contributed by atoms with E-state index >= 15 is 0 Å². The van der Waals surface area contributed by atoms with Gasteiger partial charge in [0.1, 0.15) is 5.75 Å². The quantitative estimate of drug-likeness (QED) is 0.675. The topological polar surface area (TPSA) is 52.1 Å². The van der Waals surface area contributed by atoms with Gasteiger partial charge < -0.3 is 4.74 Å². The molecule has 0 atom stereocenters. The van der Waals surface area contributed by atoms with Crippen LogP contribution in [0.4, 0.5) is 0 Å². The average Bonchev–Trinajstić information content (AvgIpc) is 3.01. The van der Waals surface area contributed by atoms with E-state index in [-0.39, 0.29) is 5.78 Å². The summed E-state index contributed by atoms with van der Waals surface area (Å²) in [5, 5.41) is 0. The van der Waals surface area contributed by atoms with E-state index in [1.165, 1.54) is 0 Å². The minimum atomic E-state index is -0.00254. The normalized spacial score (nSPS) is 13.0. The van der Waals surface area contributed by atoms with Gasteiger partial charge in [0, 0.05) is 29.9 Å². The number of hydrogen-bond acceptors (Lipinski definition) is 4. The molecule has 4 rings (SSSR count). The summed E-state index contributed by atoms with van der Waals surface area (Å²) in [6, 6.07) is 11.0. The smallest absolute Gasteiger partial charge is 0.193 e. The molecular weight excluding hydrogens is 264 g/mol. The molecule has 0 radical (unpaired) electrons. The van der Waals surface area contributed by atoms with E-state index in [0.717, 1.165) is 28.8 Å². The summed E-state index contributed by atoms with van der Waals surface area (Å²) in [4.78, 5) is 21.1. The molecule has 102 valence electrons. The molecule has 0 unspecified atom stereocenters. The number of hydrogen-bond donors (Lipinski definition) is 0. The van der Waals surface area contributed by atoms with Gasteiger partial charge in [-0.05, 0) is 42.0 Å². The van der Waals surface area contributed by atoms with E-state index in [2.05, 4.69) is 9.97 Å². The van der Waals surface area contributed by atoms with Gasteiger partial charge in [-0.3, -0.25) is 14.8 Å². The minimum absolute atomic E-state index is 0.00254. The average molecular weight is 276 g/mol. The number of carbonyl (C=O) groups is 1. The predicted molar refractivity (Wildman–Crippen MR) is 78.6 cm³/mol. The fraction of sp³-hybridized carbons (Fsp3) is 0.118. The maximum atomic E-state index is 12.6. The van der Waals surface area contributed by atoms with E-state index < -0.39 is 0 Å². The Labute approximate surface area is 121 Å². The Morgan fingerprint density at radius 3 is 2.62 bits per heavy atom. The second kappa shape index (κ2) is 4.66. The SMILES string of the molecule is O=C(c1ccc2c(c1)CCO2)c1ccc2nccnc2c1. The zero-order valence-electron chi connectivity index (χ0n) is 11.2. The van der Waals surface area contributed by atoms with Gasteiger partial charge in [0.2, 0.25) is 0 Å². The molecule has 1 aliphatic rings. The molecule has 21 heavy (non-hydrogen) atoms. The molecule has 0 saturated heterocycles. The van der Waals surface area contributed by atoms with Crippen molar-refractivity contribution in [2.45, 2.75) is 6.42 Å². The molecule has 0 saturated carbocycles. The van der Waals surface area contributed by atoms with Crippen LogP contribution in [0.15, 0.2) is 48.8 Å². The molecule has 0 aliphatic carbocycles. The van der Waals surface area contributed by atoms with E-state index in [1.807, 2.05) is 24.3 Å². The van der Waals surface area contributed by atoms with Crippen LogP contribution in [0.3, 0.4) is 0 Å². The number of ether oxygens (including phenoxy) is 1. The van der Waals surface area contributed by atoms with Crippen LogP contribution in [0.5, 0.6) is 5.75 Å². The minimum Gasteiger partial charge on any atom is -0.493 e. The van der Waals surface area contributed by atoms with Crippen molar-refractivity contribution in [1.29, 1.82) is 0 Å².